The van der Waals surface area contributed by atoms with Crippen LogP contribution in [0.15, 0.2) is 36.9 Å². The molecular formula is C17H20Cl2N2O. The van der Waals surface area contributed by atoms with Crippen LogP contribution in [-0.4, -0.2) is 9.55 Å². The molecule has 3 rings (SSSR count). The summed E-state index contributed by atoms with van der Waals surface area (Å²) in [7, 11) is 0. The summed E-state index contributed by atoms with van der Waals surface area (Å²) in [5.74, 6) is 0. The average Bonchev–Trinajstić information content (AvgIpc) is 2.96. The van der Waals surface area contributed by atoms with E-state index in [-0.39, 0.29) is 11.8 Å². The number of ether oxygens (including phenoxy) is 1. The van der Waals surface area contributed by atoms with Gasteiger partial charge in [-0.1, -0.05) is 61.9 Å². The van der Waals surface area contributed by atoms with Crippen LogP contribution >= 0.6 is 23.2 Å². The Balaban J connectivity index is 1.84. The standard InChI is InChI=1S/C17H20Cl2N2O/c1-2-3-4-5-8-17(14-7-6-13(18)11-15(14)19)16(22-17)21-10-9-20-12-21/h6-7,9-12,16H,2-5,8H2,1H3/t16-,17-/m1/s1. The number of hydrogen-bond donors (Lipinski definition) is 0. The van der Waals surface area contributed by atoms with Crippen molar-refractivity contribution in [2.75, 3.05) is 0 Å². The number of epoxide rings is 1. The predicted molar refractivity (Wildman–Crippen MR) is 89.2 cm³/mol. The highest BCUT2D eigenvalue weighted by Gasteiger charge is 2.59. The van der Waals surface area contributed by atoms with Gasteiger partial charge in [0.15, 0.2) is 6.23 Å². The minimum absolute atomic E-state index is 0.0321. The fraction of sp³-hybridized carbons (Fsp3) is 0.471. The first-order valence-corrected chi connectivity index (χ1v) is 8.54. The first kappa shape index (κ1) is 15.9. The number of benzene rings is 1. The Morgan fingerprint density at radius 3 is 2.82 bits per heavy atom. The van der Waals surface area contributed by atoms with Crippen LogP contribution in [0.3, 0.4) is 0 Å². The summed E-state index contributed by atoms with van der Waals surface area (Å²) in [4.78, 5) is 4.12. The van der Waals surface area contributed by atoms with Gasteiger partial charge in [0.05, 0.1) is 6.33 Å². The van der Waals surface area contributed by atoms with Gasteiger partial charge in [-0.2, -0.15) is 0 Å². The number of unbranched alkanes of at least 4 members (excludes halogenated alkanes) is 3. The number of hydrogen-bond acceptors (Lipinski definition) is 2. The third-order valence-electron chi connectivity index (χ3n) is 4.25. The molecule has 118 valence electrons. The van der Waals surface area contributed by atoms with Crippen LogP contribution in [0, 0.1) is 0 Å². The van der Waals surface area contributed by atoms with E-state index in [0.29, 0.717) is 10.0 Å². The van der Waals surface area contributed by atoms with Crippen molar-refractivity contribution in [3.8, 4) is 0 Å². The molecule has 2 atom stereocenters. The molecule has 0 bridgehead atoms. The quantitative estimate of drug-likeness (QED) is 0.487. The average molecular weight is 339 g/mol. The van der Waals surface area contributed by atoms with Crippen molar-refractivity contribution in [2.45, 2.75) is 50.9 Å². The number of halogens is 2. The molecule has 22 heavy (non-hydrogen) atoms. The van der Waals surface area contributed by atoms with Gasteiger partial charge >= 0.3 is 0 Å². The van der Waals surface area contributed by atoms with Crippen molar-refractivity contribution in [3.63, 3.8) is 0 Å². The lowest BCUT2D eigenvalue weighted by Gasteiger charge is -2.15. The lowest BCUT2D eigenvalue weighted by molar-refractivity contribution is 0.266. The first-order chi connectivity index (χ1) is 10.7. The highest BCUT2D eigenvalue weighted by atomic mass is 35.5. The molecule has 1 aliphatic heterocycles. The summed E-state index contributed by atoms with van der Waals surface area (Å²) in [5, 5.41) is 1.32. The summed E-state index contributed by atoms with van der Waals surface area (Å²) in [6, 6.07) is 5.66. The van der Waals surface area contributed by atoms with Crippen molar-refractivity contribution in [1.82, 2.24) is 9.55 Å². The molecule has 1 saturated heterocycles. The molecule has 0 unspecified atom stereocenters. The lowest BCUT2D eigenvalue weighted by Crippen LogP contribution is -2.13. The van der Waals surface area contributed by atoms with Crippen molar-refractivity contribution in [3.05, 3.63) is 52.5 Å². The summed E-state index contributed by atoms with van der Waals surface area (Å²) in [6.45, 7) is 2.22. The van der Waals surface area contributed by atoms with E-state index < -0.39 is 0 Å². The van der Waals surface area contributed by atoms with E-state index in [0.717, 1.165) is 18.4 Å². The zero-order valence-corrected chi connectivity index (χ0v) is 14.1. The third kappa shape index (κ3) is 3.03. The Labute approximate surface area is 141 Å². The van der Waals surface area contributed by atoms with Crippen molar-refractivity contribution in [1.29, 1.82) is 0 Å². The molecule has 0 saturated carbocycles. The number of aromatic nitrogens is 2. The largest absolute Gasteiger partial charge is 0.339 e. The summed E-state index contributed by atoms with van der Waals surface area (Å²) < 4.78 is 8.14. The fourth-order valence-electron chi connectivity index (χ4n) is 3.04. The maximum absolute atomic E-state index is 6.43. The smallest absolute Gasteiger partial charge is 0.169 e. The molecular weight excluding hydrogens is 319 g/mol. The Bertz CT molecular complexity index is 630. The zero-order valence-electron chi connectivity index (χ0n) is 12.6. The van der Waals surface area contributed by atoms with Crippen molar-refractivity contribution < 1.29 is 4.74 Å². The van der Waals surface area contributed by atoms with E-state index >= 15 is 0 Å². The van der Waals surface area contributed by atoms with Crippen LogP contribution in [0.2, 0.25) is 10.0 Å². The van der Waals surface area contributed by atoms with E-state index in [1.807, 2.05) is 22.9 Å². The van der Waals surface area contributed by atoms with Crippen LogP contribution in [0.4, 0.5) is 0 Å². The maximum atomic E-state index is 6.43. The predicted octanol–water partition coefficient (Wildman–Crippen LogP) is 5.58. The Kier molecular flexibility index (Phi) is 4.76. The Morgan fingerprint density at radius 1 is 1.27 bits per heavy atom. The van der Waals surface area contributed by atoms with Gasteiger partial charge < -0.3 is 9.30 Å². The topological polar surface area (TPSA) is 30.4 Å². The summed E-state index contributed by atoms with van der Waals surface area (Å²) >= 11 is 12.5. The van der Waals surface area contributed by atoms with Crippen molar-refractivity contribution in [2.24, 2.45) is 0 Å². The second kappa shape index (κ2) is 6.61. The van der Waals surface area contributed by atoms with Gasteiger partial charge in [0.1, 0.15) is 5.60 Å². The van der Waals surface area contributed by atoms with Crippen LogP contribution in [0.1, 0.15) is 50.8 Å². The van der Waals surface area contributed by atoms with Gasteiger partial charge in [-0.3, -0.25) is 0 Å². The molecule has 1 fully saturated rings. The SMILES string of the molecule is CCCCCC[C@]1(c2ccc(Cl)cc2Cl)O[C@H]1n1ccnc1. The monoisotopic (exact) mass is 338 g/mol. The van der Waals surface area contributed by atoms with Crippen LogP contribution in [0.5, 0.6) is 0 Å². The number of rotatable bonds is 7. The first-order valence-electron chi connectivity index (χ1n) is 7.78. The van der Waals surface area contributed by atoms with Gasteiger partial charge in [-0.25, -0.2) is 4.98 Å². The fourth-order valence-corrected chi connectivity index (χ4v) is 3.60. The highest BCUT2D eigenvalue weighted by molar-refractivity contribution is 6.35. The molecule has 0 radical (unpaired) electrons. The minimum atomic E-state index is -0.351. The molecule has 2 aromatic rings. The van der Waals surface area contributed by atoms with Crippen LogP contribution in [-0.2, 0) is 10.3 Å². The minimum Gasteiger partial charge on any atom is -0.339 e. The van der Waals surface area contributed by atoms with E-state index in [1.165, 1.54) is 19.3 Å². The van der Waals surface area contributed by atoms with E-state index in [4.69, 9.17) is 27.9 Å². The second-order valence-corrected chi connectivity index (χ2v) is 6.65. The van der Waals surface area contributed by atoms with E-state index in [9.17, 15) is 0 Å². The molecule has 5 heteroatoms. The van der Waals surface area contributed by atoms with Crippen molar-refractivity contribution >= 4 is 23.2 Å². The van der Waals surface area contributed by atoms with E-state index in [1.54, 1.807) is 18.6 Å². The Morgan fingerprint density at radius 2 is 2.14 bits per heavy atom. The molecule has 0 spiro atoms. The molecule has 1 aromatic heterocycles. The van der Waals surface area contributed by atoms with Gasteiger partial charge in [-0.15, -0.1) is 0 Å². The molecule has 0 aliphatic carbocycles. The maximum Gasteiger partial charge on any atom is 0.169 e. The zero-order chi connectivity index (χ0) is 15.6. The Hall–Kier alpha value is -1.03. The lowest BCUT2D eigenvalue weighted by atomic mass is 9.91. The van der Waals surface area contributed by atoms with E-state index in [2.05, 4.69) is 11.9 Å². The third-order valence-corrected chi connectivity index (χ3v) is 4.80. The van der Waals surface area contributed by atoms with Gasteiger partial charge in [0, 0.05) is 28.0 Å². The molecule has 0 N–H and O–H groups in total. The van der Waals surface area contributed by atoms with Crippen LogP contribution < -0.4 is 0 Å². The molecule has 2 heterocycles. The molecule has 1 aromatic carbocycles. The highest BCUT2D eigenvalue weighted by Crippen LogP contribution is 2.58. The summed E-state index contributed by atoms with van der Waals surface area (Å²) in [5.41, 5.74) is 0.671. The van der Waals surface area contributed by atoms with Gasteiger partial charge in [-0.05, 0) is 18.6 Å². The normalized spacial score (nSPS) is 23.7. The molecule has 0 amide bonds. The summed E-state index contributed by atoms with van der Waals surface area (Å²) in [6.07, 6.45) is 11.2. The van der Waals surface area contributed by atoms with Gasteiger partial charge in [0.25, 0.3) is 0 Å². The van der Waals surface area contributed by atoms with Gasteiger partial charge in [0.2, 0.25) is 0 Å². The molecule has 1 aliphatic rings. The number of imidazole rings is 1. The second-order valence-electron chi connectivity index (χ2n) is 5.80. The molecule has 3 nitrogen and oxygen atoms in total. The van der Waals surface area contributed by atoms with Crippen LogP contribution in [0.25, 0.3) is 0 Å². The number of nitrogens with zero attached hydrogens (tertiary/aromatic N) is 2.